The third kappa shape index (κ3) is 3.87. The molecular weight excluding hydrogens is 345 g/mol. The van der Waals surface area contributed by atoms with Crippen LogP contribution in [0.4, 0.5) is 4.39 Å². The van der Waals surface area contributed by atoms with Crippen LogP contribution in [0.5, 0.6) is 11.5 Å². The van der Waals surface area contributed by atoms with Gasteiger partial charge in [0.1, 0.15) is 17.3 Å². The number of benzene rings is 2. The fourth-order valence-corrected chi connectivity index (χ4v) is 2.98. The van der Waals surface area contributed by atoms with E-state index in [1.807, 2.05) is 12.1 Å². The molecule has 0 atom stereocenters. The van der Waals surface area contributed by atoms with E-state index in [0.29, 0.717) is 23.6 Å². The van der Waals surface area contributed by atoms with Crippen molar-refractivity contribution in [2.24, 2.45) is 0 Å². The largest absolute Gasteiger partial charge is 0.497 e. The van der Waals surface area contributed by atoms with Crippen molar-refractivity contribution in [3.05, 3.63) is 58.4 Å². The number of rotatable bonds is 6. The molecule has 3 rings (SSSR count). The molecular formula is C19H19ClFNO3. The molecule has 0 radical (unpaired) electrons. The highest BCUT2D eigenvalue weighted by Gasteiger charge is 2.34. The standard InChI is InChI=1S/C19H19ClFNO3/c1-24-15-7-3-12(18(10-15)25-2)11-22(14-5-6-14)19(23)16-8-4-13(21)9-17(16)20/h3-4,7-10,14H,5-6,11H2,1-2H3. The first-order valence-electron chi connectivity index (χ1n) is 8.00. The maximum atomic E-state index is 13.3. The molecule has 0 aliphatic heterocycles. The van der Waals surface area contributed by atoms with Gasteiger partial charge < -0.3 is 14.4 Å². The molecule has 1 fully saturated rings. The Morgan fingerprint density at radius 3 is 2.56 bits per heavy atom. The summed E-state index contributed by atoms with van der Waals surface area (Å²) in [5.74, 6) is 0.677. The molecule has 25 heavy (non-hydrogen) atoms. The van der Waals surface area contributed by atoms with Gasteiger partial charge in [0, 0.05) is 24.2 Å². The second-order valence-corrected chi connectivity index (χ2v) is 6.37. The van der Waals surface area contributed by atoms with Crippen LogP contribution < -0.4 is 9.47 Å². The van der Waals surface area contributed by atoms with E-state index >= 15 is 0 Å². The van der Waals surface area contributed by atoms with E-state index in [4.69, 9.17) is 21.1 Å². The van der Waals surface area contributed by atoms with Crippen molar-refractivity contribution in [3.63, 3.8) is 0 Å². The summed E-state index contributed by atoms with van der Waals surface area (Å²) < 4.78 is 23.9. The zero-order valence-electron chi connectivity index (χ0n) is 14.1. The van der Waals surface area contributed by atoms with E-state index < -0.39 is 5.82 Å². The Labute approximate surface area is 151 Å². The van der Waals surface area contributed by atoms with Gasteiger partial charge in [0.05, 0.1) is 24.8 Å². The van der Waals surface area contributed by atoms with Gasteiger partial charge in [-0.3, -0.25) is 4.79 Å². The zero-order chi connectivity index (χ0) is 18.0. The van der Waals surface area contributed by atoms with Crippen LogP contribution in [-0.4, -0.2) is 31.1 Å². The number of ether oxygens (including phenoxy) is 2. The Bertz CT molecular complexity index is 792. The van der Waals surface area contributed by atoms with Crippen LogP contribution in [0.3, 0.4) is 0 Å². The highest BCUT2D eigenvalue weighted by Crippen LogP contribution is 2.34. The molecule has 4 nitrogen and oxygen atoms in total. The average Bonchev–Trinajstić information content (AvgIpc) is 3.44. The molecule has 132 valence electrons. The molecule has 0 bridgehead atoms. The fourth-order valence-electron chi connectivity index (χ4n) is 2.74. The summed E-state index contributed by atoms with van der Waals surface area (Å²) in [5.41, 5.74) is 1.18. The van der Waals surface area contributed by atoms with E-state index in [2.05, 4.69) is 0 Å². The number of methoxy groups -OCH3 is 2. The smallest absolute Gasteiger partial charge is 0.255 e. The van der Waals surface area contributed by atoms with Gasteiger partial charge in [0.25, 0.3) is 5.91 Å². The van der Waals surface area contributed by atoms with Crippen molar-refractivity contribution in [1.82, 2.24) is 4.90 Å². The van der Waals surface area contributed by atoms with E-state index in [9.17, 15) is 9.18 Å². The van der Waals surface area contributed by atoms with Crippen LogP contribution in [0.1, 0.15) is 28.8 Å². The molecule has 1 saturated carbocycles. The monoisotopic (exact) mass is 363 g/mol. The van der Waals surface area contributed by atoms with E-state index in [-0.39, 0.29) is 17.0 Å². The third-order valence-corrected chi connectivity index (χ3v) is 4.56. The lowest BCUT2D eigenvalue weighted by atomic mass is 10.1. The zero-order valence-corrected chi connectivity index (χ0v) is 14.8. The van der Waals surface area contributed by atoms with Gasteiger partial charge >= 0.3 is 0 Å². The van der Waals surface area contributed by atoms with Crippen molar-refractivity contribution in [3.8, 4) is 11.5 Å². The fraction of sp³-hybridized carbons (Fsp3) is 0.316. The van der Waals surface area contributed by atoms with Crippen molar-refractivity contribution in [1.29, 1.82) is 0 Å². The summed E-state index contributed by atoms with van der Waals surface area (Å²) in [7, 11) is 3.17. The first kappa shape index (κ1) is 17.5. The topological polar surface area (TPSA) is 38.8 Å². The SMILES string of the molecule is COc1ccc(CN(C(=O)c2ccc(F)cc2Cl)C2CC2)c(OC)c1. The predicted octanol–water partition coefficient (Wildman–Crippen LogP) is 4.30. The van der Waals surface area contributed by atoms with Gasteiger partial charge in [-0.15, -0.1) is 0 Å². The van der Waals surface area contributed by atoms with Crippen LogP contribution in [0.15, 0.2) is 36.4 Å². The number of carbonyl (C=O) groups excluding carboxylic acids is 1. The Hall–Kier alpha value is -2.27. The molecule has 0 saturated heterocycles. The van der Waals surface area contributed by atoms with E-state index in [0.717, 1.165) is 24.5 Å². The van der Waals surface area contributed by atoms with Gasteiger partial charge in [-0.1, -0.05) is 11.6 Å². The lowest BCUT2D eigenvalue weighted by molar-refractivity contribution is 0.0729. The Morgan fingerprint density at radius 2 is 1.96 bits per heavy atom. The Morgan fingerprint density at radius 1 is 1.20 bits per heavy atom. The number of halogens is 2. The second kappa shape index (κ2) is 7.31. The van der Waals surface area contributed by atoms with Gasteiger partial charge in [-0.25, -0.2) is 4.39 Å². The highest BCUT2D eigenvalue weighted by molar-refractivity contribution is 6.33. The summed E-state index contributed by atoms with van der Waals surface area (Å²) in [5, 5.41) is 0.123. The maximum absolute atomic E-state index is 13.3. The van der Waals surface area contributed by atoms with Crippen molar-refractivity contribution in [2.75, 3.05) is 14.2 Å². The molecule has 1 aliphatic carbocycles. The molecule has 6 heteroatoms. The summed E-state index contributed by atoms with van der Waals surface area (Å²) in [6.45, 7) is 0.393. The van der Waals surface area contributed by atoms with Crippen molar-refractivity contribution >= 4 is 17.5 Å². The maximum Gasteiger partial charge on any atom is 0.255 e. The van der Waals surface area contributed by atoms with Gasteiger partial charge in [-0.05, 0) is 43.2 Å². The predicted molar refractivity (Wildman–Crippen MR) is 93.9 cm³/mol. The van der Waals surface area contributed by atoms with Crippen LogP contribution >= 0.6 is 11.6 Å². The number of amides is 1. The van der Waals surface area contributed by atoms with E-state index in [1.54, 1.807) is 25.2 Å². The summed E-state index contributed by atoms with van der Waals surface area (Å²) in [6.07, 6.45) is 1.89. The van der Waals surface area contributed by atoms with E-state index in [1.165, 1.54) is 12.1 Å². The Kier molecular flexibility index (Phi) is 5.13. The molecule has 0 N–H and O–H groups in total. The summed E-state index contributed by atoms with van der Waals surface area (Å²) in [4.78, 5) is 14.7. The van der Waals surface area contributed by atoms with Gasteiger partial charge in [0.2, 0.25) is 0 Å². The molecule has 1 aliphatic rings. The molecule has 2 aromatic carbocycles. The lowest BCUT2D eigenvalue weighted by Gasteiger charge is -2.24. The highest BCUT2D eigenvalue weighted by atomic mass is 35.5. The van der Waals surface area contributed by atoms with Gasteiger partial charge in [0.15, 0.2) is 0 Å². The van der Waals surface area contributed by atoms with Crippen molar-refractivity contribution in [2.45, 2.75) is 25.4 Å². The van der Waals surface area contributed by atoms with Crippen LogP contribution in [-0.2, 0) is 6.54 Å². The number of carbonyl (C=O) groups is 1. The first-order valence-corrected chi connectivity index (χ1v) is 8.38. The molecule has 0 unspecified atom stereocenters. The molecule has 2 aromatic rings. The first-order chi connectivity index (χ1) is 12.0. The quantitative estimate of drug-likeness (QED) is 0.768. The van der Waals surface area contributed by atoms with Gasteiger partial charge in [-0.2, -0.15) is 0 Å². The summed E-state index contributed by atoms with van der Waals surface area (Å²) >= 11 is 6.07. The molecule has 0 aromatic heterocycles. The Balaban J connectivity index is 1.88. The second-order valence-electron chi connectivity index (χ2n) is 5.97. The average molecular weight is 364 g/mol. The minimum atomic E-state index is -0.462. The number of nitrogens with zero attached hydrogens (tertiary/aromatic N) is 1. The molecule has 1 amide bonds. The molecule has 0 spiro atoms. The molecule has 0 heterocycles. The third-order valence-electron chi connectivity index (χ3n) is 4.24. The number of hydrogen-bond donors (Lipinski definition) is 0. The normalized spacial score (nSPS) is 13.4. The number of hydrogen-bond acceptors (Lipinski definition) is 3. The van der Waals surface area contributed by atoms with Crippen LogP contribution in [0.2, 0.25) is 5.02 Å². The van der Waals surface area contributed by atoms with Crippen LogP contribution in [0, 0.1) is 5.82 Å². The van der Waals surface area contributed by atoms with Crippen molar-refractivity contribution < 1.29 is 18.7 Å². The summed E-state index contributed by atoms with van der Waals surface area (Å²) in [6, 6.07) is 9.51. The lowest BCUT2D eigenvalue weighted by Crippen LogP contribution is -2.33. The minimum Gasteiger partial charge on any atom is -0.497 e. The minimum absolute atomic E-state index is 0.123. The van der Waals surface area contributed by atoms with Crippen LogP contribution in [0.25, 0.3) is 0 Å².